The van der Waals surface area contributed by atoms with E-state index in [1.54, 1.807) is 24.3 Å². The molecule has 4 nitrogen and oxygen atoms in total. The van der Waals surface area contributed by atoms with Crippen LogP contribution in [0.25, 0.3) is 0 Å². The van der Waals surface area contributed by atoms with Gasteiger partial charge >= 0.3 is 0 Å². The number of hydrogen-bond acceptors (Lipinski definition) is 4. The lowest BCUT2D eigenvalue weighted by Gasteiger charge is -2.13. The highest BCUT2D eigenvalue weighted by Crippen LogP contribution is 2.29. The number of carbonyl (C=O) groups is 1. The summed E-state index contributed by atoms with van der Waals surface area (Å²) in [6.07, 6.45) is 1.04. The Morgan fingerprint density at radius 1 is 1.24 bits per heavy atom. The third kappa shape index (κ3) is 2.05. The first-order valence-corrected chi connectivity index (χ1v) is 5.41. The van der Waals surface area contributed by atoms with Crippen molar-refractivity contribution in [3.05, 3.63) is 46.7 Å². The molecular weight excluding hydrogens is 214 g/mol. The number of nitrogens with two attached hydrogens (primary N) is 2. The Morgan fingerprint density at radius 3 is 2.35 bits per heavy atom. The molecule has 0 aromatic heterocycles. The number of nitrogens with zero attached hydrogens (tertiary/aromatic N) is 1. The first-order chi connectivity index (χ1) is 8.13. The lowest BCUT2D eigenvalue weighted by atomic mass is 9.97. The number of ketones is 1. The van der Waals surface area contributed by atoms with E-state index in [4.69, 9.17) is 16.7 Å². The molecule has 0 saturated carbocycles. The van der Waals surface area contributed by atoms with Gasteiger partial charge < -0.3 is 11.5 Å². The molecule has 1 aliphatic carbocycles. The molecule has 2 rings (SSSR count). The molecule has 86 valence electrons. The van der Waals surface area contributed by atoms with Crippen molar-refractivity contribution in [3.63, 3.8) is 0 Å². The number of Topliss-reactive ketones (excluding diaryl/α,β-unsaturated/α-hetero) is 1. The van der Waals surface area contributed by atoms with Gasteiger partial charge in [-0.05, 0) is 24.1 Å². The van der Waals surface area contributed by atoms with Gasteiger partial charge in [-0.1, -0.05) is 12.1 Å². The predicted octanol–water partition coefficient (Wildman–Crippen LogP) is 1.13. The quantitative estimate of drug-likeness (QED) is 0.792. The molecule has 0 amide bonds. The van der Waals surface area contributed by atoms with E-state index in [2.05, 4.69) is 0 Å². The molecule has 1 aliphatic rings. The van der Waals surface area contributed by atoms with Crippen LogP contribution in [0.15, 0.2) is 35.5 Å². The zero-order chi connectivity index (χ0) is 12.4. The van der Waals surface area contributed by atoms with Gasteiger partial charge in [0, 0.05) is 17.7 Å². The monoisotopic (exact) mass is 227 g/mol. The number of benzene rings is 1. The summed E-state index contributed by atoms with van der Waals surface area (Å²) in [5.41, 5.74) is 14.3. The van der Waals surface area contributed by atoms with Gasteiger partial charge in [0.15, 0.2) is 5.78 Å². The molecule has 4 N–H and O–H groups in total. The number of nitriles is 1. The van der Waals surface area contributed by atoms with E-state index in [1.807, 2.05) is 6.07 Å². The van der Waals surface area contributed by atoms with Crippen molar-refractivity contribution in [1.29, 1.82) is 5.26 Å². The molecule has 0 saturated heterocycles. The Balaban J connectivity index is 2.31. The van der Waals surface area contributed by atoms with Crippen LogP contribution in [0.4, 0.5) is 0 Å². The smallest absolute Gasteiger partial charge is 0.162 e. The van der Waals surface area contributed by atoms with Gasteiger partial charge in [0.1, 0.15) is 0 Å². The van der Waals surface area contributed by atoms with Crippen LogP contribution in [-0.4, -0.2) is 5.78 Å². The molecule has 0 spiro atoms. The Kier molecular flexibility index (Phi) is 2.94. The minimum absolute atomic E-state index is 0.0272. The normalized spacial score (nSPS) is 17.1. The van der Waals surface area contributed by atoms with E-state index in [0.717, 1.165) is 5.56 Å². The fourth-order valence-electron chi connectivity index (χ4n) is 2.00. The van der Waals surface area contributed by atoms with Gasteiger partial charge in [0.05, 0.1) is 17.7 Å². The van der Waals surface area contributed by atoms with E-state index < -0.39 is 6.04 Å². The molecule has 0 radical (unpaired) electrons. The van der Waals surface area contributed by atoms with Crippen LogP contribution >= 0.6 is 0 Å². The molecule has 0 bridgehead atoms. The molecule has 17 heavy (non-hydrogen) atoms. The molecule has 0 heterocycles. The predicted molar refractivity (Wildman–Crippen MR) is 63.5 cm³/mol. The molecular formula is C13H13N3O. The molecule has 1 aromatic rings. The minimum atomic E-state index is -0.488. The summed E-state index contributed by atoms with van der Waals surface area (Å²) >= 11 is 0. The van der Waals surface area contributed by atoms with Crippen LogP contribution in [0.2, 0.25) is 0 Å². The fraction of sp³-hybridized carbons (Fsp3) is 0.231. The summed E-state index contributed by atoms with van der Waals surface area (Å²) < 4.78 is 0. The maximum atomic E-state index is 11.7. The van der Waals surface area contributed by atoms with E-state index in [0.29, 0.717) is 29.7 Å². The van der Waals surface area contributed by atoms with Crippen LogP contribution in [0.3, 0.4) is 0 Å². The topological polar surface area (TPSA) is 92.9 Å². The molecule has 1 atom stereocenters. The fourth-order valence-corrected chi connectivity index (χ4v) is 2.00. The summed E-state index contributed by atoms with van der Waals surface area (Å²) in [5.74, 6) is 0.0272. The van der Waals surface area contributed by atoms with E-state index in [1.165, 1.54) is 0 Å². The molecule has 1 unspecified atom stereocenters. The Hall–Kier alpha value is -2.12. The van der Waals surface area contributed by atoms with Crippen molar-refractivity contribution in [2.45, 2.75) is 18.9 Å². The maximum absolute atomic E-state index is 11.7. The highest BCUT2D eigenvalue weighted by atomic mass is 16.1. The Morgan fingerprint density at radius 2 is 1.88 bits per heavy atom. The second-order valence-electron chi connectivity index (χ2n) is 4.07. The lowest BCUT2D eigenvalue weighted by Crippen LogP contribution is -2.19. The standard InChI is InChI=1S/C13H13N3O/c14-7-8-1-3-9(4-2-8)13(16)12-10(15)5-6-11(12)17/h1-4,13H,5-6,15-16H2. The van der Waals surface area contributed by atoms with Crippen LogP contribution in [-0.2, 0) is 4.79 Å². The van der Waals surface area contributed by atoms with Gasteiger partial charge in [-0.25, -0.2) is 0 Å². The second-order valence-corrected chi connectivity index (χ2v) is 4.07. The van der Waals surface area contributed by atoms with Crippen LogP contribution < -0.4 is 11.5 Å². The van der Waals surface area contributed by atoms with Gasteiger partial charge in [-0.15, -0.1) is 0 Å². The zero-order valence-corrected chi connectivity index (χ0v) is 9.31. The molecule has 0 aliphatic heterocycles. The number of allylic oxidation sites excluding steroid dienone is 1. The lowest BCUT2D eigenvalue weighted by molar-refractivity contribution is -0.115. The minimum Gasteiger partial charge on any atom is -0.402 e. The van der Waals surface area contributed by atoms with Gasteiger partial charge in [-0.3, -0.25) is 4.79 Å². The average molecular weight is 227 g/mol. The summed E-state index contributed by atoms with van der Waals surface area (Å²) in [7, 11) is 0. The summed E-state index contributed by atoms with van der Waals surface area (Å²) in [5, 5.41) is 8.70. The largest absolute Gasteiger partial charge is 0.402 e. The van der Waals surface area contributed by atoms with E-state index in [-0.39, 0.29) is 5.78 Å². The Labute approximate surface area is 99.5 Å². The van der Waals surface area contributed by atoms with Crippen molar-refractivity contribution < 1.29 is 4.79 Å². The first-order valence-electron chi connectivity index (χ1n) is 5.41. The maximum Gasteiger partial charge on any atom is 0.162 e. The average Bonchev–Trinajstić information content (AvgIpc) is 2.68. The van der Waals surface area contributed by atoms with Crippen LogP contribution in [0.1, 0.15) is 30.0 Å². The summed E-state index contributed by atoms with van der Waals surface area (Å²) in [6, 6.07) is 8.44. The Bertz CT molecular complexity index is 523. The number of carbonyl (C=O) groups excluding carboxylic acids is 1. The number of hydrogen-bond donors (Lipinski definition) is 2. The summed E-state index contributed by atoms with van der Waals surface area (Å²) in [4.78, 5) is 11.7. The van der Waals surface area contributed by atoms with Gasteiger partial charge in [0.25, 0.3) is 0 Å². The third-order valence-corrected chi connectivity index (χ3v) is 2.98. The van der Waals surface area contributed by atoms with Crippen LogP contribution in [0.5, 0.6) is 0 Å². The second kappa shape index (κ2) is 4.40. The van der Waals surface area contributed by atoms with Gasteiger partial charge in [0.2, 0.25) is 0 Å². The van der Waals surface area contributed by atoms with Crippen LogP contribution in [0, 0.1) is 11.3 Å². The molecule has 0 fully saturated rings. The molecule has 4 heteroatoms. The highest BCUT2D eigenvalue weighted by Gasteiger charge is 2.26. The third-order valence-electron chi connectivity index (χ3n) is 2.98. The van der Waals surface area contributed by atoms with Gasteiger partial charge in [-0.2, -0.15) is 5.26 Å². The number of rotatable bonds is 2. The van der Waals surface area contributed by atoms with Crippen molar-refractivity contribution in [3.8, 4) is 6.07 Å². The summed E-state index contributed by atoms with van der Waals surface area (Å²) in [6.45, 7) is 0. The SMILES string of the molecule is N#Cc1ccc(C(N)C2=C(N)CCC2=O)cc1. The van der Waals surface area contributed by atoms with E-state index in [9.17, 15) is 4.79 Å². The highest BCUT2D eigenvalue weighted by molar-refractivity contribution is 5.99. The van der Waals surface area contributed by atoms with Crippen molar-refractivity contribution in [2.75, 3.05) is 0 Å². The van der Waals surface area contributed by atoms with Crippen molar-refractivity contribution in [1.82, 2.24) is 0 Å². The van der Waals surface area contributed by atoms with Crippen molar-refractivity contribution >= 4 is 5.78 Å². The zero-order valence-electron chi connectivity index (χ0n) is 9.31. The van der Waals surface area contributed by atoms with E-state index >= 15 is 0 Å². The first kappa shape index (κ1) is 11.4. The van der Waals surface area contributed by atoms with Crippen molar-refractivity contribution in [2.24, 2.45) is 11.5 Å². The molecule has 1 aromatic carbocycles.